The third kappa shape index (κ3) is 2.28. The molecule has 1 aliphatic rings. The zero-order chi connectivity index (χ0) is 11.7. The van der Waals surface area contributed by atoms with Crippen molar-refractivity contribution in [3.63, 3.8) is 0 Å². The Hall–Kier alpha value is -0.460. The van der Waals surface area contributed by atoms with Gasteiger partial charge in [0, 0.05) is 34.0 Å². The molecule has 1 fully saturated rings. The van der Waals surface area contributed by atoms with Crippen LogP contribution in [0.1, 0.15) is 12.0 Å². The number of amides is 1. The van der Waals surface area contributed by atoms with Crippen molar-refractivity contribution >= 4 is 43.6 Å². The predicted molar refractivity (Wildman–Crippen MR) is 67.5 cm³/mol. The molecule has 2 heterocycles. The second-order valence-electron chi connectivity index (χ2n) is 3.60. The highest BCUT2D eigenvalue weighted by Gasteiger charge is 2.30. The van der Waals surface area contributed by atoms with Gasteiger partial charge in [0.1, 0.15) is 5.82 Å². The van der Waals surface area contributed by atoms with Crippen molar-refractivity contribution in [2.45, 2.75) is 17.9 Å². The summed E-state index contributed by atoms with van der Waals surface area (Å²) < 4.78 is 0.794. The zero-order valence-corrected chi connectivity index (χ0v) is 11.5. The van der Waals surface area contributed by atoms with E-state index in [1.807, 2.05) is 0 Å². The second kappa shape index (κ2) is 4.81. The second-order valence-corrected chi connectivity index (χ2v) is 5.81. The number of aliphatic hydroxyl groups is 1. The van der Waals surface area contributed by atoms with Crippen LogP contribution in [0.15, 0.2) is 16.7 Å². The lowest BCUT2D eigenvalue weighted by Crippen LogP contribution is -2.26. The highest BCUT2D eigenvalue weighted by molar-refractivity contribution is 9.10. The maximum atomic E-state index is 11.7. The molecule has 0 radical (unpaired) electrons. The van der Waals surface area contributed by atoms with E-state index in [0.29, 0.717) is 24.3 Å². The summed E-state index contributed by atoms with van der Waals surface area (Å²) in [6.07, 6.45) is 2.10. The molecule has 1 aliphatic heterocycles. The van der Waals surface area contributed by atoms with E-state index in [0.717, 1.165) is 4.47 Å². The highest BCUT2D eigenvalue weighted by Crippen LogP contribution is 2.27. The fraction of sp³-hybridized carbons (Fsp3) is 0.400. The summed E-state index contributed by atoms with van der Waals surface area (Å²) in [6.45, 7) is 0.471. The Labute approximate surface area is 110 Å². The molecule has 86 valence electrons. The Morgan fingerprint density at radius 3 is 2.94 bits per heavy atom. The van der Waals surface area contributed by atoms with Gasteiger partial charge in [-0.25, -0.2) is 4.98 Å². The van der Waals surface area contributed by atoms with Crippen LogP contribution in [0.2, 0.25) is 0 Å². The number of halogens is 2. The summed E-state index contributed by atoms with van der Waals surface area (Å²) in [4.78, 5) is 17.7. The molecule has 0 aliphatic carbocycles. The van der Waals surface area contributed by atoms with E-state index in [-0.39, 0.29) is 17.3 Å². The minimum absolute atomic E-state index is 0.0337. The molecule has 2 rings (SSSR count). The summed E-state index contributed by atoms with van der Waals surface area (Å²) in [7, 11) is 0. The highest BCUT2D eigenvalue weighted by atomic mass is 79.9. The normalized spacial score (nSPS) is 20.6. The topological polar surface area (TPSA) is 53.4 Å². The molecule has 0 aromatic carbocycles. The lowest BCUT2D eigenvalue weighted by atomic mass is 10.2. The number of hydrogen-bond acceptors (Lipinski definition) is 3. The van der Waals surface area contributed by atoms with Crippen LogP contribution in [0.4, 0.5) is 5.82 Å². The van der Waals surface area contributed by atoms with E-state index < -0.39 is 0 Å². The van der Waals surface area contributed by atoms with E-state index >= 15 is 0 Å². The van der Waals surface area contributed by atoms with Gasteiger partial charge in [-0.2, -0.15) is 0 Å². The van der Waals surface area contributed by atoms with Crippen LogP contribution in [0.3, 0.4) is 0 Å². The maximum Gasteiger partial charge on any atom is 0.229 e. The number of rotatable bonds is 2. The lowest BCUT2D eigenvalue weighted by Gasteiger charge is -2.17. The van der Waals surface area contributed by atoms with Gasteiger partial charge in [0.25, 0.3) is 0 Å². The van der Waals surface area contributed by atoms with Gasteiger partial charge in [0.2, 0.25) is 5.91 Å². The smallest absolute Gasteiger partial charge is 0.229 e. The van der Waals surface area contributed by atoms with Crippen molar-refractivity contribution in [1.82, 2.24) is 4.98 Å². The molecule has 1 atom stereocenters. The van der Waals surface area contributed by atoms with Gasteiger partial charge in [-0.3, -0.25) is 9.69 Å². The van der Waals surface area contributed by atoms with Crippen molar-refractivity contribution in [1.29, 1.82) is 0 Å². The monoisotopic (exact) mass is 348 g/mol. The molecular weight excluding hydrogens is 340 g/mol. The Balaban J connectivity index is 2.36. The quantitative estimate of drug-likeness (QED) is 0.829. The lowest BCUT2D eigenvalue weighted by molar-refractivity contribution is -0.117. The van der Waals surface area contributed by atoms with E-state index in [2.05, 4.69) is 36.8 Å². The maximum absolute atomic E-state index is 11.7. The van der Waals surface area contributed by atoms with E-state index in [4.69, 9.17) is 0 Å². The summed E-state index contributed by atoms with van der Waals surface area (Å²) in [5.41, 5.74) is 0.657. The van der Waals surface area contributed by atoms with Crippen molar-refractivity contribution in [3.8, 4) is 0 Å². The van der Waals surface area contributed by atoms with Gasteiger partial charge in [-0.1, -0.05) is 15.9 Å². The predicted octanol–water partition coefficient (Wildman–Crippen LogP) is 1.84. The van der Waals surface area contributed by atoms with Gasteiger partial charge in [-0.15, -0.1) is 0 Å². The number of hydrogen-bond donors (Lipinski definition) is 1. The van der Waals surface area contributed by atoms with E-state index in [1.54, 1.807) is 17.2 Å². The summed E-state index contributed by atoms with van der Waals surface area (Å²) in [5.74, 6) is 0.587. The third-order valence-corrected chi connectivity index (χ3v) is 3.46. The Bertz CT molecular complexity index is 425. The standard InChI is InChI=1S/C10H10Br2N2O2/c11-7-1-6(5-15)10(13-3-7)14-4-8(12)2-9(14)16/h1,3,8,15H,2,4-5H2. The summed E-state index contributed by atoms with van der Waals surface area (Å²) in [5, 5.41) is 9.24. The first-order valence-corrected chi connectivity index (χ1v) is 6.52. The molecule has 1 aromatic heterocycles. The summed E-state index contributed by atoms with van der Waals surface area (Å²) >= 11 is 6.70. The number of carbonyl (C=O) groups is 1. The molecular formula is C10H10Br2N2O2. The fourth-order valence-electron chi connectivity index (χ4n) is 1.70. The Kier molecular flexibility index (Phi) is 3.61. The Morgan fingerprint density at radius 1 is 1.62 bits per heavy atom. The van der Waals surface area contributed by atoms with Crippen LogP contribution in [-0.2, 0) is 11.4 Å². The zero-order valence-electron chi connectivity index (χ0n) is 8.36. The SMILES string of the molecule is O=C1CC(Br)CN1c1ncc(Br)cc1CO. The van der Waals surface area contributed by atoms with Crippen LogP contribution in [0.5, 0.6) is 0 Å². The van der Waals surface area contributed by atoms with Crippen molar-refractivity contribution in [2.24, 2.45) is 0 Å². The van der Waals surface area contributed by atoms with Gasteiger partial charge >= 0.3 is 0 Å². The Morgan fingerprint density at radius 2 is 2.38 bits per heavy atom. The minimum Gasteiger partial charge on any atom is -0.392 e. The van der Waals surface area contributed by atoms with Crippen LogP contribution >= 0.6 is 31.9 Å². The number of carbonyl (C=O) groups excluding carboxylic acids is 1. The molecule has 6 heteroatoms. The first-order chi connectivity index (χ1) is 7.61. The third-order valence-electron chi connectivity index (χ3n) is 2.41. The minimum atomic E-state index is -0.126. The first kappa shape index (κ1) is 12.0. The van der Waals surface area contributed by atoms with Crippen LogP contribution in [0, 0.1) is 0 Å². The first-order valence-electron chi connectivity index (χ1n) is 4.81. The van der Waals surface area contributed by atoms with Crippen LogP contribution < -0.4 is 4.90 Å². The summed E-state index contributed by atoms with van der Waals surface area (Å²) in [6, 6.07) is 1.77. The van der Waals surface area contributed by atoms with Crippen LogP contribution in [0.25, 0.3) is 0 Å². The van der Waals surface area contributed by atoms with Crippen molar-refractivity contribution < 1.29 is 9.90 Å². The molecule has 0 saturated carbocycles. The fourth-order valence-corrected chi connectivity index (χ4v) is 2.65. The van der Waals surface area contributed by atoms with Gasteiger partial charge in [0.15, 0.2) is 0 Å². The number of nitrogens with zero attached hydrogens (tertiary/aromatic N) is 2. The van der Waals surface area contributed by atoms with E-state index in [1.165, 1.54) is 0 Å². The average Bonchev–Trinajstić information content (AvgIpc) is 2.57. The van der Waals surface area contributed by atoms with Gasteiger partial charge in [-0.05, 0) is 22.0 Å². The largest absolute Gasteiger partial charge is 0.392 e. The molecule has 16 heavy (non-hydrogen) atoms. The molecule has 1 amide bonds. The molecule has 1 N–H and O–H groups in total. The average molecular weight is 350 g/mol. The van der Waals surface area contributed by atoms with Crippen LogP contribution in [-0.4, -0.2) is 27.4 Å². The molecule has 1 saturated heterocycles. The molecule has 0 spiro atoms. The molecule has 1 unspecified atom stereocenters. The molecule has 0 bridgehead atoms. The van der Waals surface area contributed by atoms with Gasteiger partial charge in [0.05, 0.1) is 6.61 Å². The molecule has 4 nitrogen and oxygen atoms in total. The number of anilines is 1. The van der Waals surface area contributed by atoms with Crippen molar-refractivity contribution in [3.05, 3.63) is 22.3 Å². The number of alkyl halides is 1. The van der Waals surface area contributed by atoms with Gasteiger partial charge < -0.3 is 5.11 Å². The number of pyridine rings is 1. The van der Waals surface area contributed by atoms with Crippen molar-refractivity contribution in [2.75, 3.05) is 11.4 Å². The molecule has 1 aromatic rings. The number of aromatic nitrogens is 1. The van der Waals surface area contributed by atoms with E-state index in [9.17, 15) is 9.90 Å². The number of aliphatic hydroxyl groups excluding tert-OH is 1.